The third kappa shape index (κ3) is 2.67. The number of hydrogen-bond acceptors (Lipinski definition) is 2. The molecule has 0 saturated carbocycles. The van der Waals surface area contributed by atoms with Gasteiger partial charge in [-0.2, -0.15) is 13.2 Å². The molecule has 0 radical (unpaired) electrons. The first-order chi connectivity index (χ1) is 8.39. The third-order valence-corrected chi connectivity index (χ3v) is 3.40. The lowest BCUT2D eigenvalue weighted by Gasteiger charge is -2.35. The lowest BCUT2D eigenvalue weighted by atomic mass is 10.0. The van der Waals surface area contributed by atoms with Gasteiger partial charge >= 0.3 is 6.18 Å². The van der Waals surface area contributed by atoms with Crippen LogP contribution in [0.3, 0.4) is 0 Å². The average molecular weight is 259 g/mol. The van der Waals surface area contributed by atoms with Crippen LogP contribution in [0.15, 0.2) is 18.2 Å². The van der Waals surface area contributed by atoms with E-state index in [-0.39, 0.29) is 24.3 Å². The predicted molar refractivity (Wildman–Crippen MR) is 62.2 cm³/mol. The van der Waals surface area contributed by atoms with Gasteiger partial charge in [-0.25, -0.2) is 0 Å². The molecule has 2 rings (SSSR count). The van der Waals surface area contributed by atoms with Crippen molar-refractivity contribution >= 4 is 0 Å². The number of ether oxygens (including phenoxy) is 1. The van der Waals surface area contributed by atoms with Gasteiger partial charge in [0.2, 0.25) is 0 Å². The Hall–Kier alpha value is -1.07. The van der Waals surface area contributed by atoms with Gasteiger partial charge in [-0.05, 0) is 31.0 Å². The van der Waals surface area contributed by atoms with Crippen LogP contribution in [0.25, 0.3) is 0 Å². The van der Waals surface area contributed by atoms with E-state index in [4.69, 9.17) is 4.74 Å². The SMILES string of the molecule is Cc1c(COC2CNC2C)cccc1C(F)(F)F. The maximum Gasteiger partial charge on any atom is 0.416 e. The molecule has 2 unspecified atom stereocenters. The molecule has 1 aliphatic rings. The van der Waals surface area contributed by atoms with E-state index in [0.717, 1.165) is 12.6 Å². The van der Waals surface area contributed by atoms with Gasteiger partial charge in [0, 0.05) is 12.6 Å². The molecule has 2 atom stereocenters. The first-order valence-electron chi connectivity index (χ1n) is 5.90. The zero-order chi connectivity index (χ0) is 13.3. The summed E-state index contributed by atoms with van der Waals surface area (Å²) in [7, 11) is 0. The maximum atomic E-state index is 12.7. The van der Waals surface area contributed by atoms with Gasteiger partial charge in [0.05, 0.1) is 18.3 Å². The van der Waals surface area contributed by atoms with Gasteiger partial charge in [-0.15, -0.1) is 0 Å². The highest BCUT2D eigenvalue weighted by atomic mass is 19.4. The monoisotopic (exact) mass is 259 g/mol. The van der Waals surface area contributed by atoms with Crippen molar-refractivity contribution in [2.75, 3.05) is 6.54 Å². The number of halogens is 3. The van der Waals surface area contributed by atoms with Crippen LogP contribution < -0.4 is 5.32 Å². The molecule has 1 aromatic carbocycles. The summed E-state index contributed by atoms with van der Waals surface area (Å²) in [5.41, 5.74) is 0.275. The molecule has 0 bridgehead atoms. The largest absolute Gasteiger partial charge is 0.416 e. The summed E-state index contributed by atoms with van der Waals surface area (Å²) < 4.78 is 43.7. The zero-order valence-electron chi connectivity index (χ0n) is 10.3. The zero-order valence-corrected chi connectivity index (χ0v) is 10.3. The molecule has 100 valence electrons. The normalized spacial score (nSPS) is 23.8. The molecule has 1 fully saturated rings. The summed E-state index contributed by atoms with van der Waals surface area (Å²) in [5, 5.41) is 3.14. The third-order valence-electron chi connectivity index (χ3n) is 3.40. The number of rotatable bonds is 3. The highest BCUT2D eigenvalue weighted by molar-refractivity contribution is 5.35. The highest BCUT2D eigenvalue weighted by Crippen LogP contribution is 2.33. The minimum absolute atomic E-state index is 0.0962. The number of nitrogens with one attached hydrogen (secondary N) is 1. The summed E-state index contributed by atoms with van der Waals surface area (Å²) in [6.45, 7) is 4.47. The molecule has 5 heteroatoms. The van der Waals surface area contributed by atoms with Crippen LogP contribution in [0.1, 0.15) is 23.6 Å². The van der Waals surface area contributed by atoms with Crippen LogP contribution >= 0.6 is 0 Å². The second kappa shape index (κ2) is 4.90. The van der Waals surface area contributed by atoms with Crippen LogP contribution in [-0.2, 0) is 17.5 Å². The molecule has 1 aliphatic heterocycles. The van der Waals surface area contributed by atoms with E-state index in [1.165, 1.54) is 13.0 Å². The molecule has 2 nitrogen and oxygen atoms in total. The standard InChI is InChI=1S/C13H16F3NO/c1-8-10(7-18-12-6-17-9(12)2)4-3-5-11(8)13(14,15)16/h3-5,9,12,17H,6-7H2,1-2H3. The van der Waals surface area contributed by atoms with E-state index in [2.05, 4.69) is 5.32 Å². The Morgan fingerprint density at radius 2 is 2.11 bits per heavy atom. The Bertz CT molecular complexity index is 431. The minimum atomic E-state index is -4.30. The fourth-order valence-electron chi connectivity index (χ4n) is 2.00. The second-order valence-corrected chi connectivity index (χ2v) is 4.63. The Labute approximate surface area is 104 Å². The van der Waals surface area contributed by atoms with Crippen molar-refractivity contribution in [3.8, 4) is 0 Å². The van der Waals surface area contributed by atoms with Crippen molar-refractivity contribution in [2.24, 2.45) is 0 Å². The molecule has 1 saturated heterocycles. The fourth-order valence-corrected chi connectivity index (χ4v) is 2.00. The summed E-state index contributed by atoms with van der Waals surface area (Å²) in [6.07, 6.45) is -4.20. The molecule has 0 aromatic heterocycles. The first-order valence-corrected chi connectivity index (χ1v) is 5.90. The van der Waals surface area contributed by atoms with Gasteiger partial charge in [-0.1, -0.05) is 12.1 Å². The molecule has 0 amide bonds. The molecule has 0 spiro atoms. The first kappa shape index (κ1) is 13.4. The van der Waals surface area contributed by atoms with Gasteiger partial charge in [-0.3, -0.25) is 0 Å². The van der Waals surface area contributed by atoms with Crippen LogP contribution in [0.5, 0.6) is 0 Å². The molecule has 0 aliphatic carbocycles. The van der Waals surface area contributed by atoms with E-state index in [1.807, 2.05) is 6.92 Å². The molecule has 18 heavy (non-hydrogen) atoms. The Balaban J connectivity index is 2.09. The Morgan fingerprint density at radius 3 is 2.61 bits per heavy atom. The van der Waals surface area contributed by atoms with E-state index in [9.17, 15) is 13.2 Å². The second-order valence-electron chi connectivity index (χ2n) is 4.63. The molecule has 1 heterocycles. The number of benzene rings is 1. The smallest absolute Gasteiger partial charge is 0.371 e. The quantitative estimate of drug-likeness (QED) is 0.901. The van der Waals surface area contributed by atoms with E-state index >= 15 is 0 Å². The molecule has 1 N–H and O–H groups in total. The molecular weight excluding hydrogens is 243 g/mol. The number of hydrogen-bond donors (Lipinski definition) is 1. The van der Waals surface area contributed by atoms with Crippen molar-refractivity contribution < 1.29 is 17.9 Å². The van der Waals surface area contributed by atoms with Gasteiger partial charge < -0.3 is 10.1 Å². The lowest BCUT2D eigenvalue weighted by Crippen LogP contribution is -2.56. The van der Waals surface area contributed by atoms with Gasteiger partial charge in [0.15, 0.2) is 0 Å². The molecular formula is C13H16F3NO. The van der Waals surface area contributed by atoms with Crippen molar-refractivity contribution in [3.05, 3.63) is 34.9 Å². The summed E-state index contributed by atoms with van der Waals surface area (Å²) in [5.74, 6) is 0. The Morgan fingerprint density at radius 1 is 1.39 bits per heavy atom. The van der Waals surface area contributed by atoms with Crippen molar-refractivity contribution in [1.29, 1.82) is 0 Å². The van der Waals surface area contributed by atoms with E-state index in [1.54, 1.807) is 6.07 Å². The van der Waals surface area contributed by atoms with Gasteiger partial charge in [0.1, 0.15) is 0 Å². The van der Waals surface area contributed by atoms with E-state index in [0.29, 0.717) is 5.56 Å². The molecule has 1 aromatic rings. The lowest BCUT2D eigenvalue weighted by molar-refractivity contribution is -0.138. The number of alkyl halides is 3. The van der Waals surface area contributed by atoms with E-state index < -0.39 is 11.7 Å². The van der Waals surface area contributed by atoms with Gasteiger partial charge in [0.25, 0.3) is 0 Å². The topological polar surface area (TPSA) is 21.3 Å². The fraction of sp³-hybridized carbons (Fsp3) is 0.538. The van der Waals surface area contributed by atoms with Crippen LogP contribution in [0.4, 0.5) is 13.2 Å². The summed E-state index contributed by atoms with van der Waals surface area (Å²) >= 11 is 0. The van der Waals surface area contributed by atoms with Crippen LogP contribution in [0, 0.1) is 6.92 Å². The van der Waals surface area contributed by atoms with Crippen LogP contribution in [0.2, 0.25) is 0 Å². The summed E-state index contributed by atoms with van der Waals surface area (Å²) in [4.78, 5) is 0. The minimum Gasteiger partial charge on any atom is -0.371 e. The highest BCUT2D eigenvalue weighted by Gasteiger charge is 2.33. The Kier molecular flexibility index (Phi) is 3.64. The van der Waals surface area contributed by atoms with Crippen molar-refractivity contribution in [1.82, 2.24) is 5.32 Å². The van der Waals surface area contributed by atoms with Crippen molar-refractivity contribution in [2.45, 2.75) is 38.8 Å². The summed E-state index contributed by atoms with van der Waals surface area (Å²) in [6, 6.07) is 4.49. The predicted octanol–water partition coefficient (Wildman–Crippen LogP) is 2.89. The average Bonchev–Trinajstić information content (AvgIpc) is 2.28. The van der Waals surface area contributed by atoms with Crippen LogP contribution in [-0.4, -0.2) is 18.7 Å². The van der Waals surface area contributed by atoms with Crippen molar-refractivity contribution in [3.63, 3.8) is 0 Å². The maximum absolute atomic E-state index is 12.7.